The van der Waals surface area contributed by atoms with E-state index in [1.54, 1.807) is 0 Å². The summed E-state index contributed by atoms with van der Waals surface area (Å²) in [6.07, 6.45) is -7.12. The number of halogens is 5. The number of alkyl halides is 2. The maximum absolute atomic E-state index is 14.1. The van der Waals surface area contributed by atoms with Crippen molar-refractivity contribution in [3.63, 3.8) is 0 Å². The van der Waals surface area contributed by atoms with Gasteiger partial charge in [-0.25, -0.2) is 37.5 Å². The van der Waals surface area contributed by atoms with Gasteiger partial charge in [0.25, 0.3) is 0 Å². The second-order valence-corrected chi connectivity index (χ2v) is 9.44. The molecule has 6 rings (SSSR count). The van der Waals surface area contributed by atoms with Gasteiger partial charge in [-0.2, -0.15) is 0 Å². The smallest absolute Gasteiger partial charge is 0.228 e. The van der Waals surface area contributed by atoms with Crippen LogP contribution in [0.2, 0.25) is 5.15 Å². The van der Waals surface area contributed by atoms with Crippen molar-refractivity contribution in [1.82, 2.24) is 29.1 Å². The Morgan fingerprint density at radius 3 is 1.76 bits per heavy atom. The van der Waals surface area contributed by atoms with E-state index < -0.39 is 74.1 Å². The SMILES string of the molecule is COc1ncnc2c1c(F)cn2[C@@H]1O[C@H](CO)C(O)[C@@H]1F.OC[C@H]1O[C@@H](n2cc(F)c3c(Cl)ncnc32)[C@@H](F)C1O. The lowest BCUT2D eigenvalue weighted by Gasteiger charge is -2.15. The lowest BCUT2D eigenvalue weighted by atomic mass is 10.1. The third-order valence-corrected chi connectivity index (χ3v) is 7.02. The minimum Gasteiger partial charge on any atom is -0.480 e. The predicted octanol–water partition coefficient (Wildman–Crippen LogP) is 0.980. The van der Waals surface area contributed by atoms with Gasteiger partial charge in [-0.3, -0.25) is 9.13 Å². The highest BCUT2D eigenvalue weighted by atomic mass is 35.5. The maximum Gasteiger partial charge on any atom is 0.228 e. The monoisotopic (exact) mass is 606 g/mol. The van der Waals surface area contributed by atoms with Crippen molar-refractivity contribution >= 4 is 33.7 Å². The van der Waals surface area contributed by atoms with Crippen LogP contribution in [0.3, 0.4) is 0 Å². The highest BCUT2D eigenvalue weighted by molar-refractivity contribution is 6.34. The minimum absolute atomic E-state index is 0.00209. The number of fused-ring (bicyclic) bond motifs is 2. The first kappa shape index (κ1) is 29.3. The molecule has 0 saturated carbocycles. The first-order valence-corrected chi connectivity index (χ1v) is 12.4. The molecular formula is C23H23ClF4N6O7. The summed E-state index contributed by atoms with van der Waals surface area (Å²) >= 11 is 5.77. The first-order chi connectivity index (χ1) is 19.6. The highest BCUT2D eigenvalue weighted by Gasteiger charge is 2.46. The molecule has 0 spiro atoms. The number of rotatable bonds is 5. The zero-order chi connectivity index (χ0) is 29.6. The van der Waals surface area contributed by atoms with E-state index in [9.17, 15) is 27.8 Å². The van der Waals surface area contributed by atoms with Crippen LogP contribution in [0.1, 0.15) is 12.5 Å². The molecule has 13 nitrogen and oxygen atoms in total. The number of aromatic nitrogens is 6. The van der Waals surface area contributed by atoms with Gasteiger partial charge in [-0.1, -0.05) is 11.6 Å². The van der Waals surface area contributed by atoms with Crippen molar-refractivity contribution in [3.8, 4) is 5.88 Å². The minimum atomic E-state index is -1.82. The Morgan fingerprint density at radius 1 is 0.829 bits per heavy atom. The van der Waals surface area contributed by atoms with Crippen LogP contribution in [0.25, 0.3) is 22.1 Å². The van der Waals surface area contributed by atoms with E-state index in [-0.39, 0.29) is 33.1 Å². The number of hydrogen-bond acceptors (Lipinski definition) is 11. The topological polar surface area (TPSA) is 170 Å². The van der Waals surface area contributed by atoms with Gasteiger partial charge < -0.3 is 34.6 Å². The number of hydrogen-bond donors (Lipinski definition) is 4. The molecule has 6 heterocycles. The molecule has 2 unspecified atom stereocenters. The predicted molar refractivity (Wildman–Crippen MR) is 130 cm³/mol. The standard InChI is InChI=1S/C12H13F2N3O4.C11H10ClF2N3O3/c1-20-11-7-5(13)2-17(10(7)15-4-16-11)12-8(14)9(19)6(3-18)21-12;12-9-6-4(13)1-17(10(6)16-3-15-9)11-7(14)8(19)5(2-18)20-11/h2,4,6,8-9,12,18-19H,3H2,1H3;1,3,5,7-8,11,18-19H,2H2/t6-,8+,9?,12-;5-,7+,8?,11-/m11/s1. The van der Waals surface area contributed by atoms with Gasteiger partial charge in [-0.15, -0.1) is 0 Å². The van der Waals surface area contributed by atoms with Crippen LogP contribution in [0.5, 0.6) is 5.88 Å². The van der Waals surface area contributed by atoms with Gasteiger partial charge in [0.05, 0.1) is 25.7 Å². The van der Waals surface area contributed by atoms with Gasteiger partial charge in [0.1, 0.15) is 53.3 Å². The molecule has 4 aromatic rings. The Kier molecular flexibility index (Phi) is 8.29. The zero-order valence-corrected chi connectivity index (χ0v) is 21.7. The largest absolute Gasteiger partial charge is 0.480 e. The van der Waals surface area contributed by atoms with Crippen LogP contribution >= 0.6 is 11.6 Å². The van der Waals surface area contributed by atoms with E-state index in [1.165, 1.54) is 7.11 Å². The molecule has 0 radical (unpaired) electrons. The normalized spacial score (nSPS) is 29.7. The van der Waals surface area contributed by atoms with Crippen molar-refractivity contribution in [3.05, 3.63) is 41.8 Å². The summed E-state index contributed by atoms with van der Waals surface area (Å²) in [5.74, 6) is -1.40. The number of ether oxygens (including phenoxy) is 3. The Hall–Kier alpha value is -3.19. The summed E-state index contributed by atoms with van der Waals surface area (Å²) in [6, 6.07) is 0. The van der Waals surface area contributed by atoms with Crippen LogP contribution in [0.4, 0.5) is 17.6 Å². The van der Waals surface area contributed by atoms with Crippen LogP contribution in [0.15, 0.2) is 25.0 Å². The summed E-state index contributed by atoms with van der Waals surface area (Å²) < 4.78 is 73.7. The molecule has 0 bridgehead atoms. The Bertz CT molecular complexity index is 1550. The van der Waals surface area contributed by atoms with E-state index in [2.05, 4.69) is 19.9 Å². The maximum atomic E-state index is 14.1. The van der Waals surface area contributed by atoms with E-state index in [0.29, 0.717) is 0 Å². The molecule has 222 valence electrons. The third-order valence-electron chi connectivity index (χ3n) is 6.73. The number of methoxy groups -OCH3 is 1. The van der Waals surface area contributed by atoms with Gasteiger partial charge in [0.15, 0.2) is 42.1 Å². The highest BCUT2D eigenvalue weighted by Crippen LogP contribution is 2.37. The van der Waals surface area contributed by atoms with Crippen molar-refractivity contribution in [1.29, 1.82) is 0 Å². The average molecular weight is 607 g/mol. The van der Waals surface area contributed by atoms with Crippen molar-refractivity contribution in [2.45, 2.75) is 49.2 Å². The van der Waals surface area contributed by atoms with Crippen LogP contribution in [0, 0.1) is 11.6 Å². The fourth-order valence-electron chi connectivity index (χ4n) is 4.72. The van der Waals surface area contributed by atoms with Crippen molar-refractivity contribution < 1.29 is 52.2 Å². The van der Waals surface area contributed by atoms with Crippen LogP contribution in [-0.4, -0.2) is 107 Å². The van der Waals surface area contributed by atoms with Crippen LogP contribution < -0.4 is 4.74 Å². The van der Waals surface area contributed by atoms with E-state index in [1.807, 2.05) is 0 Å². The van der Waals surface area contributed by atoms with Gasteiger partial charge in [-0.05, 0) is 0 Å². The molecule has 18 heteroatoms. The van der Waals surface area contributed by atoms with Gasteiger partial charge in [0, 0.05) is 12.4 Å². The summed E-state index contributed by atoms with van der Waals surface area (Å²) in [7, 11) is 1.33. The second-order valence-electron chi connectivity index (χ2n) is 9.08. The van der Waals surface area contributed by atoms with E-state index in [4.69, 9.17) is 36.0 Å². The summed E-state index contributed by atoms with van der Waals surface area (Å²) in [5, 5.41) is 37.1. The summed E-state index contributed by atoms with van der Waals surface area (Å²) in [5.41, 5.74) is 0.138. The molecule has 0 aromatic carbocycles. The van der Waals surface area contributed by atoms with Gasteiger partial charge >= 0.3 is 0 Å². The summed E-state index contributed by atoms with van der Waals surface area (Å²) in [6.45, 7) is -1.09. The second kappa shape index (κ2) is 11.6. The van der Waals surface area contributed by atoms with Gasteiger partial charge in [0.2, 0.25) is 5.88 Å². The Labute approximate surface area is 232 Å². The third kappa shape index (κ3) is 4.96. The molecule has 0 aliphatic carbocycles. The average Bonchev–Trinajstić information content (AvgIpc) is 3.67. The molecule has 2 aliphatic heterocycles. The fourth-order valence-corrected chi connectivity index (χ4v) is 4.94. The lowest BCUT2D eigenvalue weighted by molar-refractivity contribution is -0.0459. The molecule has 4 N–H and O–H groups in total. The first-order valence-electron chi connectivity index (χ1n) is 12.0. The number of aliphatic hydroxyl groups excluding tert-OH is 4. The van der Waals surface area contributed by atoms with Crippen molar-refractivity contribution in [2.75, 3.05) is 20.3 Å². The molecular weight excluding hydrogens is 584 g/mol. The molecule has 0 amide bonds. The number of aliphatic hydroxyl groups is 4. The van der Waals surface area contributed by atoms with E-state index in [0.717, 1.165) is 34.2 Å². The fraction of sp³-hybridized carbons (Fsp3) is 0.478. The summed E-state index contributed by atoms with van der Waals surface area (Å²) in [4.78, 5) is 15.2. The molecule has 4 aromatic heterocycles. The quantitative estimate of drug-likeness (QED) is 0.189. The van der Waals surface area contributed by atoms with E-state index >= 15 is 0 Å². The Morgan fingerprint density at radius 2 is 1.29 bits per heavy atom. The Balaban J connectivity index is 0.000000165. The van der Waals surface area contributed by atoms with Crippen LogP contribution in [-0.2, 0) is 9.47 Å². The molecule has 41 heavy (non-hydrogen) atoms. The van der Waals surface area contributed by atoms with Crippen molar-refractivity contribution in [2.24, 2.45) is 0 Å². The molecule has 2 fully saturated rings. The molecule has 2 aliphatic rings. The molecule has 2 saturated heterocycles. The molecule has 8 atom stereocenters. The zero-order valence-electron chi connectivity index (χ0n) is 20.9. The lowest BCUT2D eigenvalue weighted by Crippen LogP contribution is -2.30. The number of nitrogens with zero attached hydrogens (tertiary/aromatic N) is 6.